The van der Waals surface area contributed by atoms with Crippen LogP contribution in [0.15, 0.2) is 120 Å². The van der Waals surface area contributed by atoms with Gasteiger partial charge < -0.3 is 90.3 Å². The lowest BCUT2D eigenvalue weighted by atomic mass is 10.0. The summed E-state index contributed by atoms with van der Waals surface area (Å²) in [4.78, 5) is 160. The average molecular weight is 1320 g/mol. The standard InChI is InChI=1S/C64H85N17O14/c1-35(2)28-46(56(88)72-44(20-13-26-69-62(67)68-4)55(87)73-45(54(66)86)31-40-34-70-43-19-12-11-18-42(40)43)76-64(95)80-79-58(90)47(29-37-14-7-5-8-15-37)74-59(91)52(36(3)82)78-57(89)48(32-51(65)85)75-60(92)53-50(84)25-27-81(53)61(93)49(30-38-21-23-41(83)24-22-38)77-63(94)71-33-39-16-9-6-10-17-39/h5-12,14-19,21-24,34-36,44-50,52-53,70,82-84H,13,20,25-33H2,1-4H3,(H2,65,85)(H2,66,86)(H,72,88)(H,73,87)(H,74,91)(H,75,92)(H,78,89)(H,79,90)(H3,67,68,69)(H2,71,77,94)(H2,76,80,95)/t36-,44+,45+,46+,47+,48+,49-,50?,52+,53+/m1/s1. The van der Waals surface area contributed by atoms with Crippen molar-refractivity contribution in [3.8, 4) is 5.75 Å². The Bertz CT molecular complexity index is 3500. The largest absolute Gasteiger partial charge is 0.508 e. The smallest absolute Gasteiger partial charge is 0.334 e. The highest BCUT2D eigenvalue weighted by atomic mass is 16.3. The number of aromatic nitrogens is 1. The van der Waals surface area contributed by atoms with Gasteiger partial charge >= 0.3 is 12.1 Å². The van der Waals surface area contributed by atoms with Crippen molar-refractivity contribution in [2.24, 2.45) is 28.1 Å². The van der Waals surface area contributed by atoms with Crippen molar-refractivity contribution in [3.63, 3.8) is 0 Å². The lowest BCUT2D eigenvalue weighted by Crippen LogP contribution is -2.63. The third kappa shape index (κ3) is 22.8. The van der Waals surface area contributed by atoms with E-state index < -0.39 is 132 Å². The van der Waals surface area contributed by atoms with Crippen LogP contribution in [0.1, 0.15) is 75.1 Å². The van der Waals surface area contributed by atoms with E-state index in [2.05, 4.69) is 68.7 Å². The topological polar surface area (TPSA) is 490 Å². The quantitative estimate of drug-likeness (QED) is 0.00954. The predicted octanol–water partition coefficient (Wildman–Crippen LogP) is -2.04. The molecule has 31 nitrogen and oxygen atoms in total. The molecule has 1 fully saturated rings. The summed E-state index contributed by atoms with van der Waals surface area (Å²) in [6.07, 6.45) is -2.69. The lowest BCUT2D eigenvalue weighted by molar-refractivity contribution is -0.143. The van der Waals surface area contributed by atoms with Crippen LogP contribution < -0.4 is 75.9 Å². The van der Waals surface area contributed by atoms with Crippen LogP contribution in [0.2, 0.25) is 0 Å². The first-order chi connectivity index (χ1) is 45.3. The number of fused-ring (bicyclic) bond motifs is 1. The summed E-state index contributed by atoms with van der Waals surface area (Å²) in [5.74, 6) is -9.13. The number of para-hydroxylation sites is 1. The summed E-state index contributed by atoms with van der Waals surface area (Å²) in [6, 6.07) is 16.1. The SMILES string of the molecule is CN=C(N)NCCC[C@H](NC(=O)[C@H](CC(C)C)NC(=O)NNC(=O)[C@H](Cc1ccccc1)NC(=O)[C@@H](NC(=O)[C@H](CC(N)=O)NC(=O)[C@@H]1C(O)CCN1C(=O)[C@@H](Cc1ccc(O)cc1)NC(=O)NCc1ccccc1)[C@@H](C)O)C(=O)N[C@@H](Cc1c[nH]c2ccccc12)C(N)=O. The van der Waals surface area contributed by atoms with E-state index in [1.54, 1.807) is 80.7 Å². The van der Waals surface area contributed by atoms with Gasteiger partial charge in [-0.15, -0.1) is 0 Å². The molecule has 0 aliphatic carbocycles. The number of primary amides is 2. The molecule has 1 saturated heterocycles. The number of phenolic OH excluding ortho intramolecular Hbond substituents is 1. The Kier molecular flexibility index (Phi) is 27.6. The van der Waals surface area contributed by atoms with Gasteiger partial charge in [0, 0.05) is 63.0 Å². The van der Waals surface area contributed by atoms with Gasteiger partial charge in [-0.1, -0.05) is 105 Å². The fourth-order valence-corrected chi connectivity index (χ4v) is 10.5. The number of rotatable bonds is 32. The van der Waals surface area contributed by atoms with Crippen LogP contribution in [-0.2, 0) is 69.0 Å². The van der Waals surface area contributed by atoms with E-state index in [0.717, 1.165) is 28.3 Å². The van der Waals surface area contributed by atoms with Crippen molar-refractivity contribution in [2.45, 2.75) is 139 Å². The number of nitrogens with zero attached hydrogens (tertiary/aromatic N) is 2. The number of aliphatic imine (C=N–C) groups is 1. The number of aliphatic hydroxyl groups excluding tert-OH is 2. The first-order valence-corrected chi connectivity index (χ1v) is 30.8. The van der Waals surface area contributed by atoms with Crippen LogP contribution >= 0.6 is 0 Å². The number of urea groups is 2. The van der Waals surface area contributed by atoms with Gasteiger partial charge in [0.15, 0.2) is 5.96 Å². The van der Waals surface area contributed by atoms with Gasteiger partial charge in [-0.2, -0.15) is 0 Å². The highest BCUT2D eigenvalue weighted by molar-refractivity contribution is 5.99. The Hall–Kier alpha value is -10.8. The van der Waals surface area contributed by atoms with Crippen molar-refractivity contribution in [1.82, 2.24) is 68.6 Å². The van der Waals surface area contributed by atoms with Crippen molar-refractivity contribution in [3.05, 3.63) is 138 Å². The van der Waals surface area contributed by atoms with Gasteiger partial charge in [0.25, 0.3) is 5.91 Å². The fraction of sp³-hybridized carbons (Fsp3) is 0.406. The molecule has 6 rings (SSSR count). The second kappa shape index (κ2) is 35.8. The molecule has 2 heterocycles. The normalized spacial score (nSPS) is 16.2. The highest BCUT2D eigenvalue weighted by Gasteiger charge is 2.45. The molecule has 10 atom stereocenters. The minimum atomic E-state index is -1.92. The molecule has 0 saturated carbocycles. The van der Waals surface area contributed by atoms with E-state index in [1.807, 2.05) is 24.3 Å². The minimum Gasteiger partial charge on any atom is -0.508 e. The maximum absolute atomic E-state index is 14.4. The Morgan fingerprint density at radius 3 is 1.84 bits per heavy atom. The molecule has 0 spiro atoms. The molecule has 510 valence electrons. The number of H-pyrrole nitrogens is 1. The zero-order chi connectivity index (χ0) is 69.3. The van der Waals surface area contributed by atoms with Crippen molar-refractivity contribution in [1.29, 1.82) is 0 Å². The summed E-state index contributed by atoms with van der Waals surface area (Å²) in [5.41, 5.74) is 24.7. The Balaban J connectivity index is 1.13. The molecule has 5 aromatic rings. The first kappa shape index (κ1) is 73.2. The van der Waals surface area contributed by atoms with E-state index in [1.165, 1.54) is 31.3 Å². The minimum absolute atomic E-state index is 0.00762. The number of guanidine groups is 1. The van der Waals surface area contributed by atoms with Crippen LogP contribution in [0.4, 0.5) is 9.59 Å². The molecule has 13 amide bonds. The molecule has 1 aliphatic heterocycles. The van der Waals surface area contributed by atoms with E-state index >= 15 is 0 Å². The molecule has 1 unspecified atom stereocenters. The number of carbonyl (C=O) groups excluding carboxylic acids is 11. The van der Waals surface area contributed by atoms with Crippen LogP contribution in [-0.4, -0.2) is 177 Å². The second-order valence-corrected chi connectivity index (χ2v) is 23.3. The second-order valence-electron chi connectivity index (χ2n) is 23.3. The maximum atomic E-state index is 14.4. The maximum Gasteiger partial charge on any atom is 0.334 e. The molecule has 4 aromatic carbocycles. The summed E-state index contributed by atoms with van der Waals surface area (Å²) in [7, 11) is 1.48. The van der Waals surface area contributed by atoms with Crippen molar-refractivity contribution < 1.29 is 68.1 Å². The molecular weight excluding hydrogens is 1230 g/mol. The third-order valence-electron chi connectivity index (χ3n) is 15.4. The van der Waals surface area contributed by atoms with Gasteiger partial charge in [0.05, 0.1) is 18.6 Å². The summed E-state index contributed by atoms with van der Waals surface area (Å²) >= 11 is 0. The van der Waals surface area contributed by atoms with Crippen molar-refractivity contribution in [2.75, 3.05) is 20.1 Å². The highest BCUT2D eigenvalue weighted by Crippen LogP contribution is 2.23. The summed E-state index contributed by atoms with van der Waals surface area (Å²) in [6.45, 7) is 4.77. The molecule has 0 radical (unpaired) electrons. The van der Waals surface area contributed by atoms with E-state index in [0.29, 0.717) is 16.7 Å². The zero-order valence-electron chi connectivity index (χ0n) is 53.1. The number of hydrazine groups is 1. The van der Waals surface area contributed by atoms with E-state index in [9.17, 15) is 68.1 Å². The number of amides is 13. The summed E-state index contributed by atoms with van der Waals surface area (Å²) < 4.78 is 0. The molecule has 1 aliphatic rings. The molecule has 31 heteroatoms. The monoisotopic (exact) mass is 1320 g/mol. The Labute approximate surface area is 547 Å². The number of aliphatic hydroxyl groups is 2. The Morgan fingerprint density at radius 1 is 0.611 bits per heavy atom. The molecule has 0 bridgehead atoms. The number of hydrogen-bond acceptors (Lipinski definition) is 15. The number of benzene rings is 4. The number of nitrogens with two attached hydrogens (primary N) is 3. The average Bonchev–Trinajstić information content (AvgIpc) is 1.71. The van der Waals surface area contributed by atoms with Crippen LogP contribution in [0.25, 0.3) is 10.9 Å². The third-order valence-corrected chi connectivity index (χ3v) is 15.4. The molecular formula is C64H85N17O14. The number of hydrogen-bond donors (Lipinski definition) is 18. The van der Waals surface area contributed by atoms with Gasteiger partial charge in [-0.25, -0.2) is 15.0 Å². The van der Waals surface area contributed by atoms with E-state index in [-0.39, 0.29) is 82.2 Å². The molecule has 95 heavy (non-hydrogen) atoms. The Morgan fingerprint density at radius 2 is 1.20 bits per heavy atom. The van der Waals surface area contributed by atoms with E-state index in [4.69, 9.17) is 17.2 Å². The zero-order valence-corrected chi connectivity index (χ0v) is 53.1. The number of aromatic hydroxyl groups is 1. The first-order valence-electron chi connectivity index (χ1n) is 30.8. The predicted molar refractivity (Wildman–Crippen MR) is 348 cm³/mol. The van der Waals surface area contributed by atoms with Gasteiger partial charge in [-0.3, -0.25) is 53.6 Å². The number of carbonyl (C=O) groups is 11. The van der Waals surface area contributed by atoms with Crippen molar-refractivity contribution >= 4 is 82.1 Å². The van der Waals surface area contributed by atoms with Gasteiger partial charge in [0.2, 0.25) is 47.3 Å². The van der Waals surface area contributed by atoms with Crippen LogP contribution in [0.5, 0.6) is 5.75 Å². The van der Waals surface area contributed by atoms with Crippen LogP contribution in [0, 0.1) is 5.92 Å². The number of phenols is 1. The molecule has 21 N–H and O–H groups in total. The fourth-order valence-electron chi connectivity index (χ4n) is 10.5. The van der Waals surface area contributed by atoms with Crippen LogP contribution in [0.3, 0.4) is 0 Å². The molecule has 1 aromatic heterocycles. The van der Waals surface area contributed by atoms with Gasteiger partial charge in [0.1, 0.15) is 54.1 Å². The number of nitrogens with one attached hydrogen (secondary N) is 12. The summed E-state index contributed by atoms with van der Waals surface area (Å²) in [5, 5.41) is 56.0. The lowest BCUT2D eigenvalue weighted by Gasteiger charge is -2.31. The van der Waals surface area contributed by atoms with Gasteiger partial charge in [-0.05, 0) is 79.0 Å². The number of aromatic amines is 1. The number of likely N-dealkylation sites (tertiary alicyclic amines) is 1.